The summed E-state index contributed by atoms with van der Waals surface area (Å²) in [5.74, 6) is -1.83. The molecule has 2 aromatic rings. The Morgan fingerprint density at radius 1 is 0.938 bits per heavy atom. The lowest BCUT2D eigenvalue weighted by Gasteiger charge is -2.23. The van der Waals surface area contributed by atoms with Crippen LogP contribution in [0.1, 0.15) is 47.1 Å². The Balaban J connectivity index is 2.05. The number of carbonyl (C=O) groups excluding carboxylic acids is 3. The summed E-state index contributed by atoms with van der Waals surface area (Å²) in [6.45, 7) is 6.84. The number of rotatable bonds is 9. The second kappa shape index (κ2) is 10.4. The molecule has 0 radical (unpaired) electrons. The van der Waals surface area contributed by atoms with E-state index < -0.39 is 39.8 Å². The van der Waals surface area contributed by atoms with E-state index in [0.29, 0.717) is 11.3 Å². The number of Topliss-reactive ketones (excluding diaryl/α,β-unsaturated/α-hetero) is 1. The molecule has 0 aliphatic heterocycles. The number of benzene rings is 2. The monoisotopic (exact) mass is 460 g/mol. The summed E-state index contributed by atoms with van der Waals surface area (Å²) in [4.78, 5) is 37.9. The first kappa shape index (κ1) is 25.1. The van der Waals surface area contributed by atoms with Gasteiger partial charge in [-0.2, -0.15) is 0 Å². The van der Waals surface area contributed by atoms with Crippen LogP contribution in [0.5, 0.6) is 0 Å². The van der Waals surface area contributed by atoms with Crippen LogP contribution in [0.4, 0.5) is 5.69 Å². The summed E-state index contributed by atoms with van der Waals surface area (Å²) >= 11 is 0. The first-order chi connectivity index (χ1) is 14.9. The van der Waals surface area contributed by atoms with Crippen molar-refractivity contribution in [2.24, 2.45) is 5.92 Å². The molecule has 0 bridgehead atoms. The molecule has 32 heavy (non-hydrogen) atoms. The van der Waals surface area contributed by atoms with Crippen LogP contribution >= 0.6 is 0 Å². The van der Waals surface area contributed by atoms with Gasteiger partial charge in [0.15, 0.2) is 6.10 Å². The van der Waals surface area contributed by atoms with E-state index in [1.807, 2.05) is 13.0 Å². The fourth-order valence-corrected chi connectivity index (χ4v) is 3.53. The molecule has 172 valence electrons. The number of nitrogens with one attached hydrogen (secondary N) is 2. The van der Waals surface area contributed by atoms with Crippen LogP contribution in [0.2, 0.25) is 0 Å². The largest absolute Gasteiger partial charge is 0.453 e. The fourth-order valence-electron chi connectivity index (χ4n) is 2.96. The van der Waals surface area contributed by atoms with Gasteiger partial charge < -0.3 is 10.1 Å². The Morgan fingerprint density at radius 3 is 2.09 bits per heavy atom. The lowest BCUT2D eigenvalue weighted by Crippen LogP contribution is -2.46. The third-order valence-corrected chi connectivity index (χ3v) is 5.23. The van der Waals surface area contributed by atoms with Crippen molar-refractivity contribution >= 4 is 33.4 Å². The van der Waals surface area contributed by atoms with Crippen molar-refractivity contribution in [1.29, 1.82) is 0 Å². The lowest BCUT2D eigenvalue weighted by atomic mass is 10.0. The topological polar surface area (TPSA) is 119 Å². The van der Waals surface area contributed by atoms with Crippen LogP contribution in [0.15, 0.2) is 48.5 Å². The molecule has 8 nitrogen and oxygen atoms in total. The molecule has 2 rings (SSSR count). The Morgan fingerprint density at radius 2 is 1.56 bits per heavy atom. The number of aryl methyl sites for hydroxylation is 1. The van der Waals surface area contributed by atoms with Gasteiger partial charge in [0.25, 0.3) is 5.91 Å². The van der Waals surface area contributed by atoms with Gasteiger partial charge in [-0.15, -0.1) is 0 Å². The van der Waals surface area contributed by atoms with Gasteiger partial charge in [-0.05, 0) is 56.2 Å². The van der Waals surface area contributed by atoms with E-state index in [1.165, 1.54) is 31.2 Å². The quantitative estimate of drug-likeness (QED) is 0.439. The minimum atomic E-state index is -3.43. The SMILES string of the molecule is Cc1cccc(C(=O)N[C@H](C(=O)OC(C)C(=O)c2ccc(NS(C)(=O)=O)cc2)C(C)C)c1. The first-order valence-corrected chi connectivity index (χ1v) is 12.0. The third kappa shape index (κ3) is 7.19. The number of ketones is 1. The average molecular weight is 461 g/mol. The molecule has 0 aromatic heterocycles. The summed E-state index contributed by atoms with van der Waals surface area (Å²) in [6.07, 6.45) is -0.0652. The summed E-state index contributed by atoms with van der Waals surface area (Å²) in [5.41, 5.74) is 1.91. The van der Waals surface area contributed by atoms with Crippen LogP contribution in [0.25, 0.3) is 0 Å². The molecule has 2 aromatic carbocycles. The lowest BCUT2D eigenvalue weighted by molar-refractivity contribution is -0.149. The van der Waals surface area contributed by atoms with E-state index in [1.54, 1.807) is 32.0 Å². The number of esters is 1. The molecule has 1 unspecified atom stereocenters. The molecule has 0 aliphatic carbocycles. The van der Waals surface area contributed by atoms with E-state index >= 15 is 0 Å². The van der Waals surface area contributed by atoms with Gasteiger partial charge in [0.2, 0.25) is 15.8 Å². The summed E-state index contributed by atoms with van der Waals surface area (Å²) in [7, 11) is -3.43. The zero-order chi connectivity index (χ0) is 24.1. The first-order valence-electron chi connectivity index (χ1n) is 10.1. The number of hydrogen-bond donors (Lipinski definition) is 2. The highest BCUT2D eigenvalue weighted by molar-refractivity contribution is 7.92. The molecular weight excluding hydrogens is 432 g/mol. The minimum Gasteiger partial charge on any atom is -0.453 e. The van der Waals surface area contributed by atoms with Gasteiger partial charge in [0.1, 0.15) is 6.04 Å². The van der Waals surface area contributed by atoms with Crippen molar-refractivity contribution in [2.45, 2.75) is 39.8 Å². The molecule has 0 saturated heterocycles. The zero-order valence-electron chi connectivity index (χ0n) is 18.7. The minimum absolute atomic E-state index is 0.259. The smallest absolute Gasteiger partial charge is 0.329 e. The Labute approximate surface area is 188 Å². The molecule has 0 aliphatic rings. The van der Waals surface area contributed by atoms with E-state index in [-0.39, 0.29) is 11.5 Å². The van der Waals surface area contributed by atoms with Gasteiger partial charge in [0, 0.05) is 16.8 Å². The highest BCUT2D eigenvalue weighted by Crippen LogP contribution is 2.15. The van der Waals surface area contributed by atoms with Gasteiger partial charge in [-0.1, -0.05) is 31.5 Å². The second-order valence-electron chi connectivity index (χ2n) is 7.96. The summed E-state index contributed by atoms with van der Waals surface area (Å²) in [5, 5.41) is 2.68. The predicted octanol–water partition coefficient (Wildman–Crippen LogP) is 2.94. The van der Waals surface area contributed by atoms with E-state index in [2.05, 4.69) is 10.0 Å². The summed E-state index contributed by atoms with van der Waals surface area (Å²) in [6, 6.07) is 11.8. The van der Waals surface area contributed by atoms with Crippen molar-refractivity contribution in [3.63, 3.8) is 0 Å². The maximum absolute atomic E-state index is 12.7. The normalized spacial score (nSPS) is 13.2. The van der Waals surface area contributed by atoms with Crippen LogP contribution in [-0.4, -0.2) is 44.5 Å². The molecule has 2 atom stereocenters. The van der Waals surface area contributed by atoms with Crippen LogP contribution < -0.4 is 10.0 Å². The van der Waals surface area contributed by atoms with Gasteiger partial charge in [-0.25, -0.2) is 13.2 Å². The molecular formula is C23H28N2O6S. The molecule has 2 N–H and O–H groups in total. The third-order valence-electron chi connectivity index (χ3n) is 4.62. The van der Waals surface area contributed by atoms with E-state index in [4.69, 9.17) is 4.74 Å². The van der Waals surface area contributed by atoms with Crippen molar-refractivity contribution in [2.75, 3.05) is 11.0 Å². The van der Waals surface area contributed by atoms with Crippen LogP contribution in [0.3, 0.4) is 0 Å². The highest BCUT2D eigenvalue weighted by Gasteiger charge is 2.29. The molecule has 1 amide bonds. The fraction of sp³-hybridized carbons (Fsp3) is 0.348. The maximum Gasteiger partial charge on any atom is 0.329 e. The van der Waals surface area contributed by atoms with Gasteiger partial charge in [-0.3, -0.25) is 14.3 Å². The Hall–Kier alpha value is -3.20. The number of amides is 1. The Bertz CT molecular complexity index is 1090. The second-order valence-corrected chi connectivity index (χ2v) is 9.71. The highest BCUT2D eigenvalue weighted by atomic mass is 32.2. The Kier molecular flexibility index (Phi) is 8.15. The van der Waals surface area contributed by atoms with E-state index in [9.17, 15) is 22.8 Å². The number of ether oxygens (including phenoxy) is 1. The standard InChI is InChI=1S/C23H28N2O6S/c1-14(2)20(24-22(27)18-8-6-7-15(3)13-18)23(28)31-16(4)21(26)17-9-11-19(12-10-17)25-32(5,29)30/h6-14,16,20,25H,1-5H3,(H,24,27)/t16?,20-/m0/s1. The van der Waals surface area contributed by atoms with Gasteiger partial charge >= 0.3 is 5.97 Å². The van der Waals surface area contributed by atoms with Crippen molar-refractivity contribution in [1.82, 2.24) is 5.32 Å². The average Bonchev–Trinajstić information content (AvgIpc) is 2.70. The van der Waals surface area contributed by atoms with Gasteiger partial charge in [0.05, 0.1) is 6.26 Å². The van der Waals surface area contributed by atoms with Crippen molar-refractivity contribution in [3.05, 3.63) is 65.2 Å². The molecule has 0 saturated carbocycles. The molecule has 0 heterocycles. The van der Waals surface area contributed by atoms with Crippen molar-refractivity contribution < 1.29 is 27.5 Å². The number of hydrogen-bond acceptors (Lipinski definition) is 6. The maximum atomic E-state index is 12.7. The summed E-state index contributed by atoms with van der Waals surface area (Å²) < 4.78 is 30.2. The zero-order valence-corrected chi connectivity index (χ0v) is 19.5. The van der Waals surface area contributed by atoms with Crippen molar-refractivity contribution in [3.8, 4) is 0 Å². The van der Waals surface area contributed by atoms with E-state index in [0.717, 1.165) is 11.8 Å². The number of carbonyl (C=O) groups is 3. The number of anilines is 1. The van der Waals surface area contributed by atoms with Crippen LogP contribution in [-0.2, 0) is 19.6 Å². The predicted molar refractivity (Wildman–Crippen MR) is 122 cm³/mol. The number of sulfonamides is 1. The molecule has 9 heteroatoms. The molecule has 0 fully saturated rings. The molecule has 0 spiro atoms. The van der Waals surface area contributed by atoms with Crippen LogP contribution in [0, 0.1) is 12.8 Å².